The van der Waals surface area contributed by atoms with Gasteiger partial charge < -0.3 is 0 Å². The topological polar surface area (TPSA) is 108 Å². The van der Waals surface area contributed by atoms with Crippen LogP contribution < -0.4 is 9.62 Å². The van der Waals surface area contributed by atoms with E-state index in [-0.39, 0.29) is 10.8 Å². The Morgan fingerprint density at radius 3 is 2.36 bits per heavy atom. The van der Waals surface area contributed by atoms with Crippen LogP contribution in [0.2, 0.25) is 0 Å². The summed E-state index contributed by atoms with van der Waals surface area (Å²) in [5, 5.41) is 8.66. The molecule has 0 spiro atoms. The van der Waals surface area contributed by atoms with E-state index >= 15 is 0 Å². The van der Waals surface area contributed by atoms with E-state index < -0.39 is 15.9 Å². The Labute approximate surface area is 144 Å². The van der Waals surface area contributed by atoms with Gasteiger partial charge in [-0.1, -0.05) is 18.2 Å². The Balaban J connectivity index is 1.80. The number of hydrogen-bond acceptors (Lipinski definition) is 5. The second kappa shape index (κ2) is 6.73. The minimum Gasteiger partial charge on any atom is -0.291 e. The Bertz CT molecular complexity index is 955. The van der Waals surface area contributed by atoms with E-state index in [0.29, 0.717) is 11.3 Å². The molecule has 0 atom stereocenters. The van der Waals surface area contributed by atoms with Crippen molar-refractivity contribution in [2.45, 2.75) is 4.90 Å². The molecule has 3 aromatic rings. The molecule has 0 saturated carbocycles. The Hall–Kier alpha value is -3.20. The molecule has 8 nitrogen and oxygen atoms in total. The minimum atomic E-state index is -3.71. The molecule has 1 amide bonds. The highest BCUT2D eigenvalue weighted by Crippen LogP contribution is 2.22. The molecular weight excluding hydrogens is 342 g/mol. The predicted molar refractivity (Wildman–Crippen MR) is 92.8 cm³/mol. The fourth-order valence-electron chi connectivity index (χ4n) is 2.16. The van der Waals surface area contributed by atoms with Gasteiger partial charge in [-0.05, 0) is 36.4 Å². The fourth-order valence-corrected chi connectivity index (χ4v) is 3.35. The van der Waals surface area contributed by atoms with Gasteiger partial charge in [0.05, 0.1) is 10.6 Å². The lowest BCUT2D eigenvalue weighted by Gasteiger charge is -2.19. The van der Waals surface area contributed by atoms with Gasteiger partial charge in [0, 0.05) is 12.6 Å². The van der Waals surface area contributed by atoms with Gasteiger partial charge in [0.15, 0.2) is 0 Å². The van der Waals surface area contributed by atoms with Gasteiger partial charge in [-0.25, -0.2) is 13.5 Å². The third-order valence-corrected chi connectivity index (χ3v) is 5.34. The van der Waals surface area contributed by atoms with Gasteiger partial charge in [0.25, 0.3) is 15.9 Å². The van der Waals surface area contributed by atoms with E-state index in [1.165, 1.54) is 41.9 Å². The largest absolute Gasteiger partial charge is 0.291 e. The fraction of sp³-hybridized carbons (Fsp3) is 0.0625. The molecule has 1 heterocycles. The molecule has 128 valence electrons. The maximum Gasteiger partial charge on any atom is 0.264 e. The number of H-pyrrole nitrogens is 1. The van der Waals surface area contributed by atoms with Crippen LogP contribution in [0.1, 0.15) is 10.4 Å². The van der Waals surface area contributed by atoms with Crippen LogP contribution in [0.25, 0.3) is 0 Å². The molecule has 0 bridgehead atoms. The highest BCUT2D eigenvalue weighted by Gasteiger charge is 2.21. The average Bonchev–Trinajstić information content (AvgIpc) is 3.15. The Morgan fingerprint density at radius 1 is 1.08 bits per heavy atom. The zero-order valence-electron chi connectivity index (χ0n) is 13.2. The zero-order valence-corrected chi connectivity index (χ0v) is 14.1. The average molecular weight is 357 g/mol. The van der Waals surface area contributed by atoms with Crippen molar-refractivity contribution >= 4 is 27.6 Å². The summed E-state index contributed by atoms with van der Waals surface area (Å²) in [7, 11) is -2.23. The zero-order chi connectivity index (χ0) is 17.9. The molecule has 0 unspecified atom stereocenters. The number of carbonyl (C=O) groups is 1. The molecular formula is C16H15N5O3S. The normalized spacial score (nSPS) is 11.1. The SMILES string of the molecule is CN(c1ccccc1)S(=O)(=O)c1ccc(C(=O)Nc2ncn[nH]2)cc1. The summed E-state index contributed by atoms with van der Waals surface area (Å²) < 4.78 is 26.5. The number of aromatic amines is 1. The monoisotopic (exact) mass is 357 g/mol. The van der Waals surface area contributed by atoms with Gasteiger partial charge >= 0.3 is 0 Å². The smallest absolute Gasteiger partial charge is 0.264 e. The molecule has 25 heavy (non-hydrogen) atoms. The lowest BCUT2D eigenvalue weighted by Crippen LogP contribution is -2.26. The van der Waals surface area contributed by atoms with E-state index in [2.05, 4.69) is 20.5 Å². The number of para-hydroxylation sites is 1. The lowest BCUT2D eigenvalue weighted by molar-refractivity contribution is 0.102. The molecule has 0 saturated heterocycles. The summed E-state index contributed by atoms with van der Waals surface area (Å²) >= 11 is 0. The number of amides is 1. The molecule has 3 rings (SSSR count). The second-order valence-corrected chi connectivity index (χ2v) is 7.09. The van der Waals surface area contributed by atoms with Crippen LogP contribution >= 0.6 is 0 Å². The number of aromatic nitrogens is 3. The first kappa shape index (κ1) is 16.7. The molecule has 0 radical (unpaired) electrons. The number of nitrogens with zero attached hydrogens (tertiary/aromatic N) is 3. The van der Waals surface area contributed by atoms with Gasteiger partial charge in [-0.3, -0.25) is 14.4 Å². The lowest BCUT2D eigenvalue weighted by atomic mass is 10.2. The van der Waals surface area contributed by atoms with Crippen molar-refractivity contribution < 1.29 is 13.2 Å². The molecule has 0 aliphatic carbocycles. The van der Waals surface area contributed by atoms with Crippen molar-refractivity contribution in [1.29, 1.82) is 0 Å². The maximum atomic E-state index is 12.7. The molecule has 9 heteroatoms. The summed E-state index contributed by atoms with van der Waals surface area (Å²) in [6.45, 7) is 0. The molecule has 2 N–H and O–H groups in total. The third kappa shape index (κ3) is 3.50. The summed E-state index contributed by atoms with van der Waals surface area (Å²) in [5.41, 5.74) is 0.854. The van der Waals surface area contributed by atoms with E-state index in [1.54, 1.807) is 24.3 Å². The highest BCUT2D eigenvalue weighted by atomic mass is 32.2. The molecule has 0 aliphatic rings. The number of carbonyl (C=O) groups excluding carboxylic acids is 1. The van der Waals surface area contributed by atoms with Crippen molar-refractivity contribution in [1.82, 2.24) is 15.2 Å². The van der Waals surface area contributed by atoms with Crippen molar-refractivity contribution in [3.63, 3.8) is 0 Å². The number of sulfonamides is 1. The Morgan fingerprint density at radius 2 is 1.76 bits per heavy atom. The molecule has 2 aromatic carbocycles. The van der Waals surface area contributed by atoms with E-state index in [4.69, 9.17) is 0 Å². The molecule has 1 aromatic heterocycles. The van der Waals surface area contributed by atoms with Crippen LogP contribution in [-0.2, 0) is 10.0 Å². The first-order chi connectivity index (χ1) is 12.0. The number of anilines is 2. The van der Waals surface area contributed by atoms with Crippen LogP contribution in [0.4, 0.5) is 11.6 Å². The number of benzene rings is 2. The Kier molecular flexibility index (Phi) is 4.48. The van der Waals surface area contributed by atoms with E-state index in [1.807, 2.05) is 6.07 Å². The summed E-state index contributed by atoms with van der Waals surface area (Å²) in [6, 6.07) is 14.4. The minimum absolute atomic E-state index is 0.0927. The van der Waals surface area contributed by atoms with Crippen LogP contribution in [0.5, 0.6) is 0 Å². The van der Waals surface area contributed by atoms with Gasteiger partial charge in [-0.2, -0.15) is 10.1 Å². The van der Waals surface area contributed by atoms with Crippen molar-refractivity contribution in [2.75, 3.05) is 16.7 Å². The summed E-state index contributed by atoms with van der Waals surface area (Å²) in [6.07, 6.45) is 1.27. The summed E-state index contributed by atoms with van der Waals surface area (Å²) in [5.74, 6) is -0.206. The standard InChI is InChI=1S/C16H15N5O3S/c1-21(13-5-3-2-4-6-13)25(23,24)14-9-7-12(8-10-14)15(22)19-16-17-11-18-20-16/h2-11H,1H3,(H2,17,18,19,20,22). The van der Waals surface area contributed by atoms with Crippen LogP contribution in [0.15, 0.2) is 65.8 Å². The highest BCUT2D eigenvalue weighted by molar-refractivity contribution is 7.92. The first-order valence-corrected chi connectivity index (χ1v) is 8.73. The second-order valence-electron chi connectivity index (χ2n) is 5.12. The van der Waals surface area contributed by atoms with E-state index in [9.17, 15) is 13.2 Å². The third-order valence-electron chi connectivity index (χ3n) is 3.54. The van der Waals surface area contributed by atoms with Crippen LogP contribution in [0.3, 0.4) is 0 Å². The first-order valence-electron chi connectivity index (χ1n) is 7.29. The number of rotatable bonds is 5. The van der Waals surface area contributed by atoms with E-state index in [0.717, 1.165) is 0 Å². The van der Waals surface area contributed by atoms with Gasteiger partial charge in [0.1, 0.15) is 6.33 Å². The van der Waals surface area contributed by atoms with Gasteiger partial charge in [-0.15, -0.1) is 0 Å². The van der Waals surface area contributed by atoms with Crippen molar-refractivity contribution in [3.05, 3.63) is 66.5 Å². The van der Waals surface area contributed by atoms with Gasteiger partial charge in [0.2, 0.25) is 5.95 Å². The molecule has 0 fully saturated rings. The number of nitrogens with one attached hydrogen (secondary N) is 2. The van der Waals surface area contributed by atoms with Crippen molar-refractivity contribution in [3.8, 4) is 0 Å². The quantitative estimate of drug-likeness (QED) is 0.725. The van der Waals surface area contributed by atoms with Crippen molar-refractivity contribution in [2.24, 2.45) is 0 Å². The molecule has 0 aliphatic heterocycles. The number of hydrogen-bond donors (Lipinski definition) is 2. The van der Waals surface area contributed by atoms with Crippen LogP contribution in [-0.4, -0.2) is 36.6 Å². The summed E-state index contributed by atoms with van der Waals surface area (Å²) in [4.78, 5) is 16.0. The predicted octanol–water partition coefficient (Wildman–Crippen LogP) is 1.88. The maximum absolute atomic E-state index is 12.7. The van der Waals surface area contributed by atoms with Crippen LogP contribution in [0, 0.1) is 0 Å².